The normalized spacial score (nSPS) is 11.5. The maximum atomic E-state index is 4.70. The Labute approximate surface area is 274 Å². The molecule has 0 N–H and O–H groups in total. The number of aromatic nitrogens is 1. The summed E-state index contributed by atoms with van der Waals surface area (Å²) >= 11 is 0. The van der Waals surface area contributed by atoms with Crippen LogP contribution in [0.25, 0.3) is 87.7 Å². The summed E-state index contributed by atoms with van der Waals surface area (Å²) in [5.41, 5.74) is 10.8. The van der Waals surface area contributed by atoms with Crippen LogP contribution in [0.2, 0.25) is 0 Å². The van der Waals surface area contributed by atoms with Crippen molar-refractivity contribution in [2.45, 2.75) is 6.92 Å². The predicted octanol–water partition coefficient (Wildman–Crippen LogP) is 12.7. The molecule has 220 valence electrons. The quantitative estimate of drug-likeness (QED) is 0.184. The first-order valence-corrected chi connectivity index (χ1v) is 16.2. The summed E-state index contributed by atoms with van der Waals surface area (Å²) in [5, 5.41) is 10.1. The molecule has 0 unspecified atom stereocenters. The summed E-state index contributed by atoms with van der Waals surface area (Å²) in [6, 6.07) is 59.7. The first kappa shape index (κ1) is 27.3. The Bertz CT molecular complexity index is 2570. The Morgan fingerprint density at radius 3 is 1.62 bits per heavy atom. The first-order chi connectivity index (χ1) is 23.2. The smallest absolute Gasteiger partial charge is 0.0708 e. The highest BCUT2D eigenvalue weighted by molar-refractivity contribution is 6.24. The summed E-state index contributed by atoms with van der Waals surface area (Å²) < 4.78 is 0. The number of fused-ring (bicyclic) bond motifs is 4. The molecule has 8 aromatic carbocycles. The Hall–Kier alpha value is -6.05. The molecular weight excluding hydrogens is 567 g/mol. The lowest BCUT2D eigenvalue weighted by Crippen LogP contribution is -1.93. The van der Waals surface area contributed by atoms with Gasteiger partial charge in [-0.2, -0.15) is 0 Å². The molecule has 0 amide bonds. The number of pyridine rings is 1. The van der Waals surface area contributed by atoms with Gasteiger partial charge in [-0.05, 0) is 102 Å². The van der Waals surface area contributed by atoms with E-state index in [1.54, 1.807) is 0 Å². The summed E-state index contributed by atoms with van der Waals surface area (Å²) in [4.78, 5) is 4.70. The summed E-state index contributed by atoms with van der Waals surface area (Å²) in [6.07, 6.45) is 1.92. The second-order valence-corrected chi connectivity index (χ2v) is 12.4. The third-order valence-corrected chi connectivity index (χ3v) is 9.55. The Morgan fingerprint density at radius 1 is 0.362 bits per heavy atom. The van der Waals surface area contributed by atoms with Crippen molar-refractivity contribution in [3.05, 3.63) is 176 Å². The zero-order valence-electron chi connectivity index (χ0n) is 26.1. The highest BCUT2D eigenvalue weighted by Crippen LogP contribution is 2.46. The largest absolute Gasteiger partial charge is 0.256 e. The number of benzene rings is 8. The fourth-order valence-corrected chi connectivity index (χ4v) is 7.38. The van der Waals surface area contributed by atoms with Crippen LogP contribution in [0, 0.1) is 6.92 Å². The molecule has 0 aliphatic rings. The van der Waals surface area contributed by atoms with Gasteiger partial charge in [-0.3, -0.25) is 4.98 Å². The van der Waals surface area contributed by atoms with Crippen LogP contribution in [0.5, 0.6) is 0 Å². The van der Waals surface area contributed by atoms with Crippen molar-refractivity contribution >= 4 is 43.1 Å². The first-order valence-electron chi connectivity index (χ1n) is 16.2. The minimum absolute atomic E-state index is 0.979. The lowest BCUT2D eigenvalue weighted by molar-refractivity contribution is 1.33. The second kappa shape index (κ2) is 11.1. The van der Waals surface area contributed by atoms with Gasteiger partial charge in [0.2, 0.25) is 0 Å². The van der Waals surface area contributed by atoms with Crippen LogP contribution in [0.15, 0.2) is 170 Å². The molecule has 9 aromatic rings. The van der Waals surface area contributed by atoms with Crippen LogP contribution < -0.4 is 0 Å². The van der Waals surface area contributed by atoms with E-state index >= 15 is 0 Å². The van der Waals surface area contributed by atoms with Crippen molar-refractivity contribution in [2.75, 3.05) is 0 Å². The molecule has 0 saturated carbocycles. The maximum absolute atomic E-state index is 4.70. The van der Waals surface area contributed by atoms with Gasteiger partial charge < -0.3 is 0 Å². The van der Waals surface area contributed by atoms with Crippen LogP contribution in [0.3, 0.4) is 0 Å². The van der Waals surface area contributed by atoms with Gasteiger partial charge in [0.05, 0.1) is 5.69 Å². The molecular formula is C46H31N. The standard InChI is InChI=1S/C46H31N/c1-30-19-20-33-28-35(22-21-32(33)27-30)45-39-15-7-9-17-41(39)46(42-18-10-8-16-40(42)45)43-24-23-36(37-13-5-6-14-38(37)43)34-25-26-47-44(29-34)31-11-3-2-4-12-31/h2-29H,1H3. The van der Waals surface area contributed by atoms with E-state index in [2.05, 4.69) is 165 Å². The lowest BCUT2D eigenvalue weighted by Gasteiger charge is -2.20. The average molecular weight is 598 g/mol. The van der Waals surface area contributed by atoms with Crippen molar-refractivity contribution in [1.82, 2.24) is 4.98 Å². The van der Waals surface area contributed by atoms with Crippen molar-refractivity contribution in [3.8, 4) is 44.6 Å². The highest BCUT2D eigenvalue weighted by Gasteiger charge is 2.19. The van der Waals surface area contributed by atoms with Gasteiger partial charge in [-0.25, -0.2) is 0 Å². The van der Waals surface area contributed by atoms with Crippen molar-refractivity contribution in [3.63, 3.8) is 0 Å². The fourth-order valence-electron chi connectivity index (χ4n) is 7.38. The molecule has 0 spiro atoms. The molecule has 0 aliphatic heterocycles. The van der Waals surface area contributed by atoms with E-state index in [1.807, 2.05) is 12.3 Å². The van der Waals surface area contributed by atoms with E-state index in [0.717, 1.165) is 16.8 Å². The second-order valence-electron chi connectivity index (χ2n) is 12.4. The Kier molecular flexibility index (Phi) is 6.43. The number of hydrogen-bond acceptors (Lipinski definition) is 1. The Morgan fingerprint density at radius 2 is 0.915 bits per heavy atom. The van der Waals surface area contributed by atoms with Gasteiger partial charge in [-0.15, -0.1) is 0 Å². The minimum atomic E-state index is 0.979. The molecule has 1 heterocycles. The lowest BCUT2D eigenvalue weighted by atomic mass is 9.83. The minimum Gasteiger partial charge on any atom is -0.256 e. The number of hydrogen-bond donors (Lipinski definition) is 0. The van der Waals surface area contributed by atoms with E-state index in [0.29, 0.717) is 0 Å². The van der Waals surface area contributed by atoms with E-state index in [4.69, 9.17) is 4.98 Å². The van der Waals surface area contributed by atoms with Gasteiger partial charge in [-0.1, -0.05) is 151 Å². The van der Waals surface area contributed by atoms with Gasteiger partial charge in [0.1, 0.15) is 0 Å². The highest BCUT2D eigenvalue weighted by atomic mass is 14.7. The van der Waals surface area contributed by atoms with Crippen LogP contribution in [0.4, 0.5) is 0 Å². The van der Waals surface area contributed by atoms with Gasteiger partial charge in [0.25, 0.3) is 0 Å². The summed E-state index contributed by atoms with van der Waals surface area (Å²) in [7, 11) is 0. The van der Waals surface area contributed by atoms with Gasteiger partial charge in [0.15, 0.2) is 0 Å². The molecule has 0 saturated heterocycles. The van der Waals surface area contributed by atoms with Crippen LogP contribution in [0.1, 0.15) is 5.56 Å². The third-order valence-electron chi connectivity index (χ3n) is 9.55. The van der Waals surface area contributed by atoms with E-state index in [9.17, 15) is 0 Å². The van der Waals surface area contributed by atoms with Crippen molar-refractivity contribution in [1.29, 1.82) is 0 Å². The van der Waals surface area contributed by atoms with E-state index in [-0.39, 0.29) is 0 Å². The van der Waals surface area contributed by atoms with Crippen molar-refractivity contribution < 1.29 is 0 Å². The molecule has 1 nitrogen and oxygen atoms in total. The van der Waals surface area contributed by atoms with Gasteiger partial charge in [0, 0.05) is 11.8 Å². The van der Waals surface area contributed by atoms with Crippen molar-refractivity contribution in [2.24, 2.45) is 0 Å². The molecule has 0 bridgehead atoms. The van der Waals surface area contributed by atoms with Crippen LogP contribution >= 0.6 is 0 Å². The predicted molar refractivity (Wildman–Crippen MR) is 201 cm³/mol. The van der Waals surface area contributed by atoms with Gasteiger partial charge >= 0.3 is 0 Å². The molecule has 47 heavy (non-hydrogen) atoms. The molecule has 0 radical (unpaired) electrons. The summed E-state index contributed by atoms with van der Waals surface area (Å²) in [6.45, 7) is 2.16. The molecule has 9 rings (SSSR count). The Balaban J connectivity index is 1.30. The number of nitrogens with zero attached hydrogens (tertiary/aromatic N) is 1. The summed E-state index contributed by atoms with van der Waals surface area (Å²) in [5.74, 6) is 0. The maximum Gasteiger partial charge on any atom is 0.0708 e. The topological polar surface area (TPSA) is 12.9 Å². The van der Waals surface area contributed by atoms with E-state index in [1.165, 1.54) is 76.5 Å². The SMILES string of the molecule is Cc1ccc2cc(-c3c4ccccc4c(-c4ccc(-c5ccnc(-c6ccccc6)c5)c5ccccc45)c4ccccc34)ccc2c1. The molecule has 1 aromatic heterocycles. The van der Waals surface area contributed by atoms with E-state index < -0.39 is 0 Å². The molecule has 0 fully saturated rings. The molecule has 0 atom stereocenters. The number of aryl methyl sites for hydroxylation is 1. The zero-order valence-corrected chi connectivity index (χ0v) is 26.1. The average Bonchev–Trinajstić information content (AvgIpc) is 3.14. The molecule has 1 heteroatoms. The van der Waals surface area contributed by atoms with Crippen LogP contribution in [-0.4, -0.2) is 4.98 Å². The zero-order chi connectivity index (χ0) is 31.3. The number of rotatable bonds is 4. The monoisotopic (exact) mass is 597 g/mol. The fraction of sp³-hybridized carbons (Fsp3) is 0.0217. The molecule has 0 aliphatic carbocycles. The third kappa shape index (κ3) is 4.59. The van der Waals surface area contributed by atoms with Crippen LogP contribution in [-0.2, 0) is 0 Å².